The van der Waals surface area contributed by atoms with Crippen LogP contribution in [0.1, 0.15) is 63.9 Å². The van der Waals surface area contributed by atoms with Crippen molar-refractivity contribution >= 4 is 36.1 Å². The molecule has 4 rings (SSSR count). The van der Waals surface area contributed by atoms with Gasteiger partial charge in [0.2, 0.25) is 23.6 Å². The Hall–Kier alpha value is -3.47. The largest absolute Gasteiger partial charge is 0.388 e. The summed E-state index contributed by atoms with van der Waals surface area (Å²) in [6.07, 6.45) is 6.65. The number of amides is 4. The van der Waals surface area contributed by atoms with Crippen molar-refractivity contribution in [3.05, 3.63) is 29.8 Å². The molecule has 0 bridgehead atoms. The fourth-order valence-electron chi connectivity index (χ4n) is 5.06. The molecule has 216 valence electrons. The van der Waals surface area contributed by atoms with Crippen LogP contribution in [0.2, 0.25) is 0 Å². The molecule has 0 radical (unpaired) electrons. The van der Waals surface area contributed by atoms with Gasteiger partial charge >= 0.3 is 0 Å². The second-order valence-corrected chi connectivity index (χ2v) is 9.97. The van der Waals surface area contributed by atoms with Gasteiger partial charge < -0.3 is 36.3 Å². The average Bonchev–Trinajstić information content (AvgIpc) is 3.62. The van der Waals surface area contributed by atoms with E-state index in [0.717, 1.165) is 56.3 Å². The summed E-state index contributed by atoms with van der Waals surface area (Å²) in [6.45, 7) is 5.07. The first kappa shape index (κ1) is 31.7. The van der Waals surface area contributed by atoms with Crippen molar-refractivity contribution in [2.24, 2.45) is 0 Å². The monoisotopic (exact) mass is 544 g/mol. The van der Waals surface area contributed by atoms with E-state index in [4.69, 9.17) is 4.79 Å². The van der Waals surface area contributed by atoms with E-state index in [-0.39, 0.29) is 35.7 Å². The number of carbonyl (C=O) groups is 5. The fraction of sp³-hybridized carbons (Fsp3) is 0.607. The maximum absolute atomic E-state index is 13.4. The Kier molecular flexibility index (Phi) is 13.4. The highest BCUT2D eigenvalue weighted by Gasteiger charge is 2.43. The van der Waals surface area contributed by atoms with Crippen LogP contribution in [0.3, 0.4) is 0 Å². The minimum Gasteiger partial charge on any atom is -0.388 e. The first-order valence-corrected chi connectivity index (χ1v) is 13.7. The number of fused-ring (bicyclic) bond motifs is 1. The third-order valence-corrected chi connectivity index (χ3v) is 7.37. The van der Waals surface area contributed by atoms with E-state index >= 15 is 0 Å². The molecule has 3 heterocycles. The molecule has 3 fully saturated rings. The standard InChI is InChI=1S/C23H35N5O3.C4H7NO.CH2O/c1-15(24-2)21(29)27-19-10-5-4-9-18-11-12-20(28(18)23(19)31)22(30)26-14-16-7-6-8-17(13-16)25-3;6-4-2-1-3-5-4;1-2/h6-8,13,15,18-20,24-25H,4-5,9-12,14H2,1-3H3,(H,26,30)(H,27,29);1-3H2,(H,5,6);1H2/t15?,18?,19?,20-;;/m0../s1. The van der Waals surface area contributed by atoms with Gasteiger partial charge in [-0.25, -0.2) is 0 Å². The molecular formula is C28H44N6O5. The summed E-state index contributed by atoms with van der Waals surface area (Å²) in [5.41, 5.74) is 1.99. The molecule has 3 saturated heterocycles. The zero-order valence-electron chi connectivity index (χ0n) is 23.4. The van der Waals surface area contributed by atoms with Crippen molar-refractivity contribution in [3.63, 3.8) is 0 Å². The molecule has 11 nitrogen and oxygen atoms in total. The number of nitrogens with zero attached hydrogens (tertiary/aromatic N) is 1. The lowest BCUT2D eigenvalue weighted by Gasteiger charge is -2.35. The van der Waals surface area contributed by atoms with Crippen molar-refractivity contribution in [2.45, 2.75) is 89.0 Å². The van der Waals surface area contributed by atoms with Crippen LogP contribution in [0.4, 0.5) is 5.69 Å². The van der Waals surface area contributed by atoms with E-state index in [1.807, 2.05) is 38.1 Å². The number of carbonyl (C=O) groups excluding carboxylic acids is 5. The Morgan fingerprint density at radius 2 is 1.82 bits per heavy atom. The Balaban J connectivity index is 0.000000578. The first-order chi connectivity index (χ1) is 18.8. The lowest BCUT2D eigenvalue weighted by Crippen LogP contribution is -2.57. The predicted octanol–water partition coefficient (Wildman–Crippen LogP) is 1.08. The third kappa shape index (κ3) is 9.35. The maximum Gasteiger partial charge on any atom is 0.246 e. The summed E-state index contributed by atoms with van der Waals surface area (Å²) in [5, 5.41) is 14.6. The summed E-state index contributed by atoms with van der Waals surface area (Å²) < 4.78 is 0. The number of hydrogen-bond acceptors (Lipinski definition) is 7. The first-order valence-electron chi connectivity index (χ1n) is 13.7. The van der Waals surface area contributed by atoms with Gasteiger partial charge in [0.15, 0.2) is 0 Å². The Labute approximate surface area is 231 Å². The maximum atomic E-state index is 13.4. The van der Waals surface area contributed by atoms with Crippen molar-refractivity contribution < 1.29 is 24.0 Å². The predicted molar refractivity (Wildman–Crippen MR) is 150 cm³/mol. The van der Waals surface area contributed by atoms with E-state index in [2.05, 4.69) is 26.6 Å². The summed E-state index contributed by atoms with van der Waals surface area (Å²) in [4.78, 5) is 58.7. The van der Waals surface area contributed by atoms with E-state index in [9.17, 15) is 19.2 Å². The van der Waals surface area contributed by atoms with Gasteiger partial charge in [0.1, 0.15) is 18.9 Å². The molecule has 0 spiro atoms. The molecule has 1 aromatic rings. The van der Waals surface area contributed by atoms with Gasteiger partial charge in [-0.3, -0.25) is 19.2 Å². The Morgan fingerprint density at radius 3 is 2.44 bits per heavy atom. The highest BCUT2D eigenvalue weighted by atomic mass is 16.2. The number of rotatable bonds is 7. The summed E-state index contributed by atoms with van der Waals surface area (Å²) in [7, 11) is 3.57. The van der Waals surface area contributed by atoms with Crippen molar-refractivity contribution in [3.8, 4) is 0 Å². The van der Waals surface area contributed by atoms with Crippen LogP contribution in [0.5, 0.6) is 0 Å². The van der Waals surface area contributed by atoms with Gasteiger partial charge in [-0.2, -0.15) is 0 Å². The van der Waals surface area contributed by atoms with Gasteiger partial charge in [-0.1, -0.05) is 25.0 Å². The molecule has 4 atom stereocenters. The van der Waals surface area contributed by atoms with Crippen LogP contribution >= 0.6 is 0 Å². The minimum absolute atomic E-state index is 0.0669. The molecule has 3 unspecified atom stereocenters. The van der Waals surface area contributed by atoms with E-state index in [1.165, 1.54) is 0 Å². The van der Waals surface area contributed by atoms with Crippen LogP contribution in [0.15, 0.2) is 24.3 Å². The van der Waals surface area contributed by atoms with Gasteiger partial charge in [0, 0.05) is 38.3 Å². The van der Waals surface area contributed by atoms with Crippen molar-refractivity contribution in [1.29, 1.82) is 0 Å². The topological polar surface area (TPSA) is 149 Å². The Bertz CT molecular complexity index is 966. The number of hydrogen-bond donors (Lipinski definition) is 5. The molecule has 4 amide bonds. The van der Waals surface area contributed by atoms with Gasteiger partial charge in [0.05, 0.1) is 6.04 Å². The highest BCUT2D eigenvalue weighted by molar-refractivity contribution is 5.93. The molecule has 11 heteroatoms. The summed E-state index contributed by atoms with van der Waals surface area (Å²) in [5.74, 6) is -0.242. The van der Waals surface area contributed by atoms with Crippen molar-refractivity contribution in [1.82, 2.24) is 26.2 Å². The van der Waals surface area contributed by atoms with Crippen LogP contribution < -0.4 is 26.6 Å². The SMILES string of the molecule is C=O.CNc1cccc(CNC(=O)[C@@H]2CCC3CCCCC(NC(=O)C(C)NC)C(=O)N32)c1.O=C1CCCN1. The minimum atomic E-state index is -0.577. The summed E-state index contributed by atoms with van der Waals surface area (Å²) in [6, 6.07) is 6.50. The molecule has 0 aliphatic carbocycles. The molecule has 5 N–H and O–H groups in total. The highest BCUT2D eigenvalue weighted by Crippen LogP contribution is 2.31. The normalized spacial score (nSPS) is 22.8. The van der Waals surface area contributed by atoms with Gasteiger partial charge in [-0.15, -0.1) is 0 Å². The third-order valence-electron chi connectivity index (χ3n) is 7.37. The lowest BCUT2D eigenvalue weighted by atomic mass is 9.98. The second-order valence-electron chi connectivity index (χ2n) is 9.97. The average molecular weight is 545 g/mol. The zero-order chi connectivity index (χ0) is 28.8. The summed E-state index contributed by atoms with van der Waals surface area (Å²) >= 11 is 0. The molecule has 1 aromatic carbocycles. The molecule has 0 aromatic heterocycles. The van der Waals surface area contributed by atoms with E-state index in [1.54, 1.807) is 18.9 Å². The number of likely N-dealkylation sites (N-methyl/N-ethyl adjacent to an activating group) is 1. The molecule has 3 aliphatic rings. The molecular weight excluding hydrogens is 500 g/mol. The van der Waals surface area contributed by atoms with Crippen LogP contribution in [-0.2, 0) is 30.5 Å². The number of benzene rings is 1. The smallest absolute Gasteiger partial charge is 0.246 e. The lowest BCUT2D eigenvalue weighted by molar-refractivity contribution is -0.144. The van der Waals surface area contributed by atoms with Gasteiger partial charge in [0.25, 0.3) is 0 Å². The van der Waals surface area contributed by atoms with Gasteiger partial charge in [-0.05, 0) is 63.8 Å². The zero-order valence-corrected chi connectivity index (χ0v) is 23.4. The van der Waals surface area contributed by atoms with Crippen LogP contribution in [-0.4, -0.2) is 80.1 Å². The number of anilines is 1. The number of nitrogens with one attached hydrogen (secondary N) is 5. The quantitative estimate of drug-likeness (QED) is 0.345. The van der Waals surface area contributed by atoms with Crippen LogP contribution in [0, 0.1) is 0 Å². The van der Waals surface area contributed by atoms with Crippen molar-refractivity contribution in [2.75, 3.05) is 26.0 Å². The molecule has 0 saturated carbocycles. The molecule has 3 aliphatic heterocycles. The van der Waals surface area contributed by atoms with Crippen LogP contribution in [0.25, 0.3) is 0 Å². The Morgan fingerprint density at radius 1 is 1.08 bits per heavy atom. The van der Waals surface area contributed by atoms with E-state index < -0.39 is 12.1 Å². The second kappa shape index (κ2) is 16.5. The molecule has 39 heavy (non-hydrogen) atoms. The fourth-order valence-corrected chi connectivity index (χ4v) is 5.06. The van der Waals surface area contributed by atoms with E-state index in [0.29, 0.717) is 19.4 Å².